The molecule has 0 spiro atoms. The highest BCUT2D eigenvalue weighted by molar-refractivity contribution is 7.07. The van der Waals surface area contributed by atoms with E-state index in [1.807, 2.05) is 0 Å². The molecule has 1 nitrogen and oxygen atoms in total. The number of rotatable bonds is 4. The number of nitrogens with one attached hydrogen (secondary N) is 1. The van der Waals surface area contributed by atoms with Gasteiger partial charge >= 0.3 is 0 Å². The van der Waals surface area contributed by atoms with Crippen LogP contribution in [-0.2, 0) is 6.54 Å². The van der Waals surface area contributed by atoms with E-state index in [1.54, 1.807) is 11.3 Å². The summed E-state index contributed by atoms with van der Waals surface area (Å²) in [6.07, 6.45) is 5.74. The number of thiophene rings is 1. The van der Waals surface area contributed by atoms with Gasteiger partial charge in [-0.05, 0) is 48.1 Å². The van der Waals surface area contributed by atoms with Crippen molar-refractivity contribution in [2.75, 3.05) is 0 Å². The molecule has 2 heteroatoms. The molecular formula is C12H19NS. The van der Waals surface area contributed by atoms with Crippen molar-refractivity contribution in [3.8, 4) is 0 Å². The molecule has 1 heterocycles. The van der Waals surface area contributed by atoms with Gasteiger partial charge in [0, 0.05) is 12.6 Å². The Morgan fingerprint density at radius 2 is 2.29 bits per heavy atom. The molecule has 1 aromatic heterocycles. The Kier molecular flexibility index (Phi) is 3.60. The highest BCUT2D eigenvalue weighted by Crippen LogP contribution is 2.27. The largest absolute Gasteiger partial charge is 0.310 e. The van der Waals surface area contributed by atoms with Crippen LogP contribution in [0.15, 0.2) is 16.8 Å². The van der Waals surface area contributed by atoms with E-state index in [2.05, 4.69) is 29.1 Å². The van der Waals surface area contributed by atoms with E-state index in [9.17, 15) is 0 Å². The molecule has 1 saturated carbocycles. The second kappa shape index (κ2) is 4.94. The van der Waals surface area contributed by atoms with E-state index in [4.69, 9.17) is 0 Å². The third kappa shape index (κ3) is 2.58. The maximum atomic E-state index is 3.63. The van der Waals surface area contributed by atoms with Crippen LogP contribution in [0.3, 0.4) is 0 Å². The zero-order valence-electron chi connectivity index (χ0n) is 8.83. The van der Waals surface area contributed by atoms with Crippen LogP contribution < -0.4 is 5.32 Å². The summed E-state index contributed by atoms with van der Waals surface area (Å²) in [5.41, 5.74) is 1.43. The molecule has 0 bridgehead atoms. The predicted molar refractivity (Wildman–Crippen MR) is 62.6 cm³/mol. The molecule has 0 amide bonds. The summed E-state index contributed by atoms with van der Waals surface area (Å²) in [5.74, 6) is 0.925. The van der Waals surface area contributed by atoms with E-state index < -0.39 is 0 Å². The summed E-state index contributed by atoms with van der Waals surface area (Å²) in [6, 6.07) is 2.90. The van der Waals surface area contributed by atoms with Crippen molar-refractivity contribution in [2.45, 2.75) is 45.2 Å². The van der Waals surface area contributed by atoms with Crippen molar-refractivity contribution >= 4 is 11.3 Å². The number of hydrogen-bond acceptors (Lipinski definition) is 2. The second-order valence-electron chi connectivity index (χ2n) is 4.35. The van der Waals surface area contributed by atoms with Gasteiger partial charge in [0.25, 0.3) is 0 Å². The Hall–Kier alpha value is -0.340. The van der Waals surface area contributed by atoms with Crippen molar-refractivity contribution in [3.05, 3.63) is 22.4 Å². The molecule has 14 heavy (non-hydrogen) atoms. The molecule has 0 aromatic carbocycles. The first kappa shape index (κ1) is 10.2. The molecule has 0 radical (unpaired) electrons. The lowest BCUT2D eigenvalue weighted by Gasteiger charge is -2.19. The molecule has 0 aliphatic heterocycles. The van der Waals surface area contributed by atoms with Gasteiger partial charge in [0.05, 0.1) is 0 Å². The average Bonchev–Trinajstić information content (AvgIpc) is 2.87. The quantitative estimate of drug-likeness (QED) is 0.801. The summed E-state index contributed by atoms with van der Waals surface area (Å²) >= 11 is 1.78. The van der Waals surface area contributed by atoms with Crippen molar-refractivity contribution in [1.29, 1.82) is 0 Å². The van der Waals surface area contributed by atoms with Crippen molar-refractivity contribution in [2.24, 2.45) is 5.92 Å². The summed E-state index contributed by atoms with van der Waals surface area (Å²) < 4.78 is 0. The molecule has 0 saturated heterocycles. The predicted octanol–water partition coefficient (Wildman–Crippen LogP) is 3.42. The standard InChI is InChI=1S/C12H19NS/c1-10(12-4-2-3-5-12)13-8-11-6-7-14-9-11/h6-7,9-10,12-13H,2-5,8H2,1H3/t10-/m1/s1. The molecule has 1 aliphatic carbocycles. The monoisotopic (exact) mass is 209 g/mol. The minimum Gasteiger partial charge on any atom is -0.310 e. The minimum absolute atomic E-state index is 0.692. The SMILES string of the molecule is C[C@@H](NCc1ccsc1)C1CCCC1. The van der Waals surface area contributed by atoms with Crippen molar-refractivity contribution in [3.63, 3.8) is 0 Å². The molecular weight excluding hydrogens is 190 g/mol. The smallest absolute Gasteiger partial charge is 0.0216 e. The lowest BCUT2D eigenvalue weighted by molar-refractivity contribution is 0.381. The van der Waals surface area contributed by atoms with Gasteiger partial charge in [0.2, 0.25) is 0 Å². The van der Waals surface area contributed by atoms with Gasteiger partial charge in [-0.2, -0.15) is 11.3 Å². The molecule has 2 rings (SSSR count). The Morgan fingerprint density at radius 3 is 2.93 bits per heavy atom. The molecule has 78 valence electrons. The van der Waals surface area contributed by atoms with Crippen LogP contribution >= 0.6 is 11.3 Å². The fraction of sp³-hybridized carbons (Fsp3) is 0.667. The summed E-state index contributed by atoms with van der Waals surface area (Å²) in [5, 5.41) is 8.01. The molecule has 1 fully saturated rings. The first-order valence-electron chi connectivity index (χ1n) is 5.61. The van der Waals surface area contributed by atoms with E-state index in [-0.39, 0.29) is 0 Å². The zero-order chi connectivity index (χ0) is 9.80. The van der Waals surface area contributed by atoms with E-state index >= 15 is 0 Å². The summed E-state index contributed by atoms with van der Waals surface area (Å²) in [7, 11) is 0. The minimum atomic E-state index is 0.692. The fourth-order valence-electron chi connectivity index (χ4n) is 2.30. The van der Waals surface area contributed by atoms with Crippen molar-refractivity contribution in [1.82, 2.24) is 5.32 Å². The Bertz CT molecular complexity index is 249. The fourth-order valence-corrected chi connectivity index (χ4v) is 2.96. The van der Waals surface area contributed by atoms with Crippen LogP contribution in [0.5, 0.6) is 0 Å². The molecule has 1 aliphatic rings. The number of hydrogen-bond donors (Lipinski definition) is 1. The lowest BCUT2D eigenvalue weighted by atomic mass is 10.00. The van der Waals surface area contributed by atoms with Crippen LogP contribution in [0.2, 0.25) is 0 Å². The maximum Gasteiger partial charge on any atom is 0.0216 e. The zero-order valence-corrected chi connectivity index (χ0v) is 9.65. The first-order chi connectivity index (χ1) is 6.86. The average molecular weight is 209 g/mol. The molecule has 1 atom stereocenters. The Morgan fingerprint density at radius 1 is 1.50 bits per heavy atom. The van der Waals surface area contributed by atoms with Gasteiger partial charge < -0.3 is 5.32 Å². The van der Waals surface area contributed by atoms with E-state index in [0.717, 1.165) is 12.5 Å². The van der Waals surface area contributed by atoms with Crippen LogP contribution in [0, 0.1) is 5.92 Å². The van der Waals surface area contributed by atoms with Gasteiger partial charge in [-0.1, -0.05) is 12.8 Å². The van der Waals surface area contributed by atoms with Gasteiger partial charge in [0.1, 0.15) is 0 Å². The van der Waals surface area contributed by atoms with Crippen LogP contribution in [0.1, 0.15) is 38.2 Å². The summed E-state index contributed by atoms with van der Waals surface area (Å²) in [4.78, 5) is 0. The van der Waals surface area contributed by atoms with Crippen molar-refractivity contribution < 1.29 is 0 Å². The topological polar surface area (TPSA) is 12.0 Å². The van der Waals surface area contributed by atoms with E-state index in [1.165, 1.54) is 31.2 Å². The molecule has 1 N–H and O–H groups in total. The Labute approximate surface area is 90.5 Å². The van der Waals surface area contributed by atoms with Gasteiger partial charge in [0.15, 0.2) is 0 Å². The molecule has 0 unspecified atom stereocenters. The normalized spacial score (nSPS) is 20.1. The lowest BCUT2D eigenvalue weighted by Crippen LogP contribution is -2.31. The van der Waals surface area contributed by atoms with Gasteiger partial charge in [-0.15, -0.1) is 0 Å². The Balaban J connectivity index is 1.74. The second-order valence-corrected chi connectivity index (χ2v) is 5.13. The third-order valence-electron chi connectivity index (χ3n) is 3.32. The van der Waals surface area contributed by atoms with Gasteiger partial charge in [-0.25, -0.2) is 0 Å². The third-order valence-corrected chi connectivity index (χ3v) is 4.05. The van der Waals surface area contributed by atoms with Crippen LogP contribution in [-0.4, -0.2) is 6.04 Å². The van der Waals surface area contributed by atoms with Crippen LogP contribution in [0.4, 0.5) is 0 Å². The highest BCUT2D eigenvalue weighted by Gasteiger charge is 2.20. The van der Waals surface area contributed by atoms with E-state index in [0.29, 0.717) is 6.04 Å². The summed E-state index contributed by atoms with van der Waals surface area (Å²) in [6.45, 7) is 3.38. The highest BCUT2D eigenvalue weighted by atomic mass is 32.1. The first-order valence-corrected chi connectivity index (χ1v) is 6.55. The van der Waals surface area contributed by atoms with Gasteiger partial charge in [-0.3, -0.25) is 0 Å². The molecule has 1 aromatic rings. The maximum absolute atomic E-state index is 3.63. The van der Waals surface area contributed by atoms with Crippen LogP contribution in [0.25, 0.3) is 0 Å².